The topological polar surface area (TPSA) is 20.2 Å². The van der Waals surface area contributed by atoms with Gasteiger partial charge in [0.25, 0.3) is 0 Å². The Balaban J connectivity index is 2.60. The summed E-state index contributed by atoms with van der Waals surface area (Å²) in [7, 11) is 0. The second-order valence-electron chi connectivity index (χ2n) is 2.14. The number of hydrogen-bond acceptors (Lipinski definition) is 2. The first-order valence-corrected chi connectivity index (χ1v) is 5.66. The minimum absolute atomic E-state index is 0.374. The maximum Gasteiger partial charge on any atom is 0.0893 e. The zero-order chi connectivity index (χ0) is 8.27. The third-order valence-corrected chi connectivity index (χ3v) is 3.52. The molecular formula is C7H8ClIOS. The van der Waals surface area contributed by atoms with E-state index in [1.165, 1.54) is 2.88 Å². The fourth-order valence-electron chi connectivity index (χ4n) is 0.753. The van der Waals surface area contributed by atoms with Gasteiger partial charge in [-0.05, 0) is 41.1 Å². The molecule has 0 fully saturated rings. The van der Waals surface area contributed by atoms with Crippen LogP contribution >= 0.6 is 45.5 Å². The van der Waals surface area contributed by atoms with Gasteiger partial charge in [-0.15, -0.1) is 22.9 Å². The van der Waals surface area contributed by atoms with Crippen LogP contribution in [0.15, 0.2) is 12.1 Å². The van der Waals surface area contributed by atoms with Crippen LogP contribution in [0.3, 0.4) is 0 Å². The van der Waals surface area contributed by atoms with Crippen molar-refractivity contribution < 1.29 is 5.11 Å². The number of alkyl halides is 1. The van der Waals surface area contributed by atoms with Gasteiger partial charge in [0.1, 0.15) is 0 Å². The second kappa shape index (κ2) is 4.64. The predicted octanol–water partition coefficient (Wildman–Crippen LogP) is 3.02. The van der Waals surface area contributed by atoms with Gasteiger partial charge in [0.2, 0.25) is 0 Å². The number of aliphatic hydroxyl groups excluding tert-OH is 1. The van der Waals surface area contributed by atoms with E-state index < -0.39 is 0 Å². The summed E-state index contributed by atoms with van der Waals surface area (Å²) >= 11 is 9.35. The van der Waals surface area contributed by atoms with Gasteiger partial charge < -0.3 is 5.11 Å². The van der Waals surface area contributed by atoms with Gasteiger partial charge >= 0.3 is 0 Å². The number of aliphatic hydroxyl groups is 1. The molecule has 1 nitrogen and oxygen atoms in total. The van der Waals surface area contributed by atoms with E-state index in [1.807, 2.05) is 12.1 Å². The zero-order valence-corrected chi connectivity index (χ0v) is 9.49. The smallest absolute Gasteiger partial charge is 0.0893 e. The lowest BCUT2D eigenvalue weighted by Gasteiger charge is -2.03. The molecule has 1 aromatic heterocycles. The van der Waals surface area contributed by atoms with E-state index in [4.69, 9.17) is 11.6 Å². The molecular weight excluding hydrogens is 294 g/mol. The van der Waals surface area contributed by atoms with Crippen molar-refractivity contribution in [2.24, 2.45) is 0 Å². The molecule has 1 rings (SSSR count). The van der Waals surface area contributed by atoms with Gasteiger partial charge in [0.05, 0.1) is 8.99 Å². The Morgan fingerprint density at radius 3 is 2.82 bits per heavy atom. The molecule has 4 heteroatoms. The summed E-state index contributed by atoms with van der Waals surface area (Å²) in [5.74, 6) is 0.510. The average molecular weight is 303 g/mol. The van der Waals surface area contributed by atoms with Gasteiger partial charge in [-0.1, -0.05) is 0 Å². The maximum atomic E-state index is 9.46. The van der Waals surface area contributed by atoms with Gasteiger partial charge in [-0.25, -0.2) is 0 Å². The molecule has 0 saturated heterocycles. The monoisotopic (exact) mass is 302 g/mol. The molecule has 0 radical (unpaired) electrons. The van der Waals surface area contributed by atoms with E-state index in [1.54, 1.807) is 11.3 Å². The Morgan fingerprint density at radius 2 is 2.36 bits per heavy atom. The third kappa shape index (κ3) is 2.89. The highest BCUT2D eigenvalue weighted by molar-refractivity contribution is 14.1. The molecule has 0 aliphatic carbocycles. The van der Waals surface area contributed by atoms with Crippen molar-refractivity contribution in [2.75, 3.05) is 5.88 Å². The average Bonchev–Trinajstić information content (AvgIpc) is 2.36. The van der Waals surface area contributed by atoms with Crippen LogP contribution in [0.1, 0.15) is 17.4 Å². The Labute approximate surface area is 88.5 Å². The molecule has 0 spiro atoms. The van der Waals surface area contributed by atoms with Crippen molar-refractivity contribution in [1.82, 2.24) is 0 Å². The lowest BCUT2D eigenvalue weighted by molar-refractivity contribution is 0.178. The molecule has 1 unspecified atom stereocenters. The first kappa shape index (κ1) is 9.77. The van der Waals surface area contributed by atoms with E-state index in [9.17, 15) is 5.11 Å². The molecule has 0 amide bonds. The van der Waals surface area contributed by atoms with Crippen LogP contribution in [0.4, 0.5) is 0 Å². The van der Waals surface area contributed by atoms with Crippen LogP contribution in [0.5, 0.6) is 0 Å². The van der Waals surface area contributed by atoms with Crippen molar-refractivity contribution >= 4 is 45.5 Å². The lowest BCUT2D eigenvalue weighted by Crippen LogP contribution is -1.94. The first-order chi connectivity index (χ1) is 5.24. The predicted molar refractivity (Wildman–Crippen MR) is 57.3 cm³/mol. The highest BCUT2D eigenvalue weighted by atomic mass is 127. The lowest BCUT2D eigenvalue weighted by atomic mass is 10.2. The van der Waals surface area contributed by atoms with Crippen molar-refractivity contribution in [3.63, 3.8) is 0 Å². The van der Waals surface area contributed by atoms with Gasteiger partial charge in [0.15, 0.2) is 0 Å². The summed E-state index contributed by atoms with van der Waals surface area (Å²) in [5, 5.41) is 9.46. The molecule has 1 heterocycles. The highest BCUT2D eigenvalue weighted by Crippen LogP contribution is 2.26. The number of thiophene rings is 1. The quantitative estimate of drug-likeness (QED) is 0.672. The Morgan fingerprint density at radius 1 is 1.64 bits per heavy atom. The van der Waals surface area contributed by atoms with Crippen molar-refractivity contribution in [3.8, 4) is 0 Å². The SMILES string of the molecule is OC(CCCl)c1ccc(I)s1. The summed E-state index contributed by atoms with van der Waals surface area (Å²) < 4.78 is 1.20. The molecule has 0 bridgehead atoms. The van der Waals surface area contributed by atoms with Crippen molar-refractivity contribution in [2.45, 2.75) is 12.5 Å². The van der Waals surface area contributed by atoms with E-state index in [-0.39, 0.29) is 6.10 Å². The molecule has 1 N–H and O–H groups in total. The molecule has 0 aliphatic heterocycles. The van der Waals surface area contributed by atoms with E-state index in [0.29, 0.717) is 12.3 Å². The fraction of sp³-hybridized carbons (Fsp3) is 0.429. The van der Waals surface area contributed by atoms with Crippen LogP contribution in [-0.2, 0) is 0 Å². The molecule has 0 saturated carbocycles. The van der Waals surface area contributed by atoms with E-state index in [2.05, 4.69) is 22.6 Å². The number of halogens is 2. The Kier molecular flexibility index (Phi) is 4.12. The summed E-state index contributed by atoms with van der Waals surface area (Å²) in [6.07, 6.45) is 0.263. The number of rotatable bonds is 3. The van der Waals surface area contributed by atoms with Crippen LogP contribution in [0.25, 0.3) is 0 Å². The summed E-state index contributed by atoms with van der Waals surface area (Å²) in [6, 6.07) is 3.95. The minimum atomic E-state index is -0.374. The largest absolute Gasteiger partial charge is 0.388 e. The summed E-state index contributed by atoms with van der Waals surface area (Å²) in [6.45, 7) is 0. The van der Waals surface area contributed by atoms with E-state index in [0.717, 1.165) is 4.88 Å². The van der Waals surface area contributed by atoms with Gasteiger partial charge in [-0.3, -0.25) is 0 Å². The Hall–Kier alpha value is 0.680. The van der Waals surface area contributed by atoms with Gasteiger partial charge in [-0.2, -0.15) is 0 Å². The normalized spacial score (nSPS) is 13.4. The molecule has 62 valence electrons. The van der Waals surface area contributed by atoms with Gasteiger partial charge in [0, 0.05) is 10.8 Å². The summed E-state index contributed by atoms with van der Waals surface area (Å²) in [4.78, 5) is 1.01. The minimum Gasteiger partial charge on any atom is -0.388 e. The number of hydrogen-bond donors (Lipinski definition) is 1. The second-order valence-corrected chi connectivity index (χ2v) is 5.52. The molecule has 1 atom stereocenters. The molecule has 0 aliphatic rings. The molecule has 11 heavy (non-hydrogen) atoms. The third-order valence-electron chi connectivity index (χ3n) is 1.30. The molecule has 0 aromatic carbocycles. The van der Waals surface area contributed by atoms with Crippen LogP contribution in [0.2, 0.25) is 0 Å². The maximum absolute atomic E-state index is 9.46. The van der Waals surface area contributed by atoms with Crippen LogP contribution < -0.4 is 0 Å². The van der Waals surface area contributed by atoms with Crippen LogP contribution in [-0.4, -0.2) is 11.0 Å². The molecule has 1 aromatic rings. The standard InChI is InChI=1S/C7H8ClIOS/c8-4-3-5(10)6-1-2-7(9)11-6/h1-2,5,10H,3-4H2. The Bertz CT molecular complexity index is 226. The van der Waals surface area contributed by atoms with Crippen molar-refractivity contribution in [3.05, 3.63) is 19.9 Å². The zero-order valence-electron chi connectivity index (χ0n) is 5.76. The van der Waals surface area contributed by atoms with Crippen molar-refractivity contribution in [1.29, 1.82) is 0 Å². The summed E-state index contributed by atoms with van der Waals surface area (Å²) in [5.41, 5.74) is 0. The first-order valence-electron chi connectivity index (χ1n) is 3.23. The van der Waals surface area contributed by atoms with Crippen LogP contribution in [0, 0.1) is 2.88 Å². The highest BCUT2D eigenvalue weighted by Gasteiger charge is 2.08. The fourth-order valence-corrected chi connectivity index (χ4v) is 2.65. The van der Waals surface area contributed by atoms with E-state index >= 15 is 0 Å².